The molecule has 0 saturated carbocycles. The van der Waals surface area contributed by atoms with Crippen LogP contribution in [0.1, 0.15) is 30.2 Å². The van der Waals surface area contributed by atoms with Crippen molar-refractivity contribution in [2.24, 2.45) is 0 Å². The van der Waals surface area contributed by atoms with Crippen LogP contribution in [-0.2, 0) is 0 Å². The molecule has 0 aliphatic rings. The molecule has 0 heterocycles. The number of aliphatic hydroxyl groups excluding tert-OH is 1. The molecule has 0 radical (unpaired) electrons. The van der Waals surface area contributed by atoms with Crippen LogP contribution >= 0.6 is 0 Å². The number of benzene rings is 2. The highest BCUT2D eigenvalue weighted by molar-refractivity contribution is 5.35. The summed E-state index contributed by atoms with van der Waals surface area (Å²) in [6.45, 7) is 2.24. The fraction of sp³-hybridized carbons (Fsp3) is 0.294. The second-order valence-corrected chi connectivity index (χ2v) is 4.91. The molecule has 2 aromatic carbocycles. The summed E-state index contributed by atoms with van der Waals surface area (Å²) < 4.78 is 18.9. The van der Waals surface area contributed by atoms with Gasteiger partial charge in [0, 0.05) is 23.7 Å². The Kier molecular flexibility index (Phi) is 5.31. The number of rotatable bonds is 6. The Balaban J connectivity index is 2.01. The van der Waals surface area contributed by atoms with Crippen LogP contribution in [0.3, 0.4) is 0 Å². The molecule has 3 nitrogen and oxygen atoms in total. The molecule has 0 aliphatic carbocycles. The van der Waals surface area contributed by atoms with Gasteiger partial charge in [-0.15, -0.1) is 0 Å². The monoisotopic (exact) mass is 289 g/mol. The molecule has 0 spiro atoms. The van der Waals surface area contributed by atoms with Crippen LogP contribution in [0.5, 0.6) is 5.75 Å². The van der Waals surface area contributed by atoms with E-state index in [4.69, 9.17) is 4.74 Å². The first-order valence-electron chi connectivity index (χ1n) is 6.92. The zero-order valence-corrected chi connectivity index (χ0v) is 12.2. The van der Waals surface area contributed by atoms with Gasteiger partial charge in [0.15, 0.2) is 0 Å². The summed E-state index contributed by atoms with van der Waals surface area (Å²) in [6.07, 6.45) is -0.886. The maximum absolute atomic E-state index is 13.6. The van der Waals surface area contributed by atoms with E-state index in [1.807, 2.05) is 31.2 Å². The average molecular weight is 289 g/mol. The Morgan fingerprint density at radius 2 is 1.71 bits per heavy atom. The third-order valence-corrected chi connectivity index (χ3v) is 3.49. The van der Waals surface area contributed by atoms with E-state index in [0.29, 0.717) is 5.56 Å². The normalized spacial score (nSPS) is 13.7. The van der Waals surface area contributed by atoms with Crippen molar-refractivity contribution >= 4 is 0 Å². The SMILES string of the molecule is COc1ccccc1C(C)NCC(O)c1ccccc1F. The van der Waals surface area contributed by atoms with Gasteiger partial charge in [0.2, 0.25) is 0 Å². The summed E-state index contributed by atoms with van der Waals surface area (Å²) in [6, 6.07) is 13.9. The van der Waals surface area contributed by atoms with Crippen molar-refractivity contribution in [1.82, 2.24) is 5.32 Å². The first kappa shape index (κ1) is 15.5. The van der Waals surface area contributed by atoms with Gasteiger partial charge in [-0.2, -0.15) is 0 Å². The van der Waals surface area contributed by atoms with Gasteiger partial charge in [0.1, 0.15) is 11.6 Å². The van der Waals surface area contributed by atoms with Gasteiger partial charge in [0.25, 0.3) is 0 Å². The largest absolute Gasteiger partial charge is 0.496 e. The summed E-state index contributed by atoms with van der Waals surface area (Å²) in [5.41, 5.74) is 1.30. The molecule has 2 aromatic rings. The predicted molar refractivity (Wildman–Crippen MR) is 80.8 cm³/mol. The number of ether oxygens (including phenoxy) is 1. The highest BCUT2D eigenvalue weighted by Crippen LogP contribution is 2.25. The van der Waals surface area contributed by atoms with Crippen molar-refractivity contribution in [3.8, 4) is 5.75 Å². The Labute approximate surface area is 124 Å². The van der Waals surface area contributed by atoms with Crippen molar-refractivity contribution in [2.45, 2.75) is 19.1 Å². The lowest BCUT2D eigenvalue weighted by Crippen LogP contribution is -2.25. The number of aliphatic hydroxyl groups is 1. The van der Waals surface area contributed by atoms with E-state index in [1.165, 1.54) is 6.07 Å². The Bertz CT molecular complexity index is 589. The molecule has 0 amide bonds. The van der Waals surface area contributed by atoms with Crippen LogP contribution < -0.4 is 10.1 Å². The molecule has 112 valence electrons. The van der Waals surface area contributed by atoms with E-state index in [2.05, 4.69) is 5.32 Å². The van der Waals surface area contributed by atoms with E-state index in [0.717, 1.165) is 11.3 Å². The lowest BCUT2D eigenvalue weighted by atomic mass is 10.1. The molecule has 2 unspecified atom stereocenters. The number of para-hydroxylation sites is 1. The molecular formula is C17H20FNO2. The standard InChI is InChI=1S/C17H20FNO2/c1-12(13-7-4-6-10-17(13)21-2)19-11-16(20)14-8-3-5-9-15(14)18/h3-10,12,16,19-20H,11H2,1-2H3. The van der Waals surface area contributed by atoms with Crippen molar-refractivity contribution in [3.05, 3.63) is 65.5 Å². The van der Waals surface area contributed by atoms with Gasteiger partial charge in [0.05, 0.1) is 13.2 Å². The first-order valence-corrected chi connectivity index (χ1v) is 6.92. The summed E-state index contributed by atoms with van der Waals surface area (Å²) in [7, 11) is 1.62. The van der Waals surface area contributed by atoms with E-state index in [-0.39, 0.29) is 12.6 Å². The average Bonchev–Trinajstić information content (AvgIpc) is 2.52. The summed E-state index contributed by atoms with van der Waals surface area (Å²) in [4.78, 5) is 0. The van der Waals surface area contributed by atoms with E-state index >= 15 is 0 Å². The fourth-order valence-corrected chi connectivity index (χ4v) is 2.28. The van der Waals surface area contributed by atoms with Gasteiger partial charge in [-0.1, -0.05) is 36.4 Å². The molecule has 0 bridgehead atoms. The zero-order valence-electron chi connectivity index (χ0n) is 12.2. The van der Waals surface area contributed by atoms with Crippen molar-refractivity contribution in [2.75, 3.05) is 13.7 Å². The first-order chi connectivity index (χ1) is 10.1. The lowest BCUT2D eigenvalue weighted by Gasteiger charge is -2.19. The van der Waals surface area contributed by atoms with E-state index < -0.39 is 11.9 Å². The minimum absolute atomic E-state index is 0.0115. The Morgan fingerprint density at radius 3 is 2.38 bits per heavy atom. The highest BCUT2D eigenvalue weighted by Gasteiger charge is 2.15. The molecule has 2 rings (SSSR count). The molecule has 2 atom stereocenters. The maximum Gasteiger partial charge on any atom is 0.129 e. The van der Waals surface area contributed by atoms with Gasteiger partial charge < -0.3 is 15.2 Å². The van der Waals surface area contributed by atoms with E-state index in [9.17, 15) is 9.50 Å². The van der Waals surface area contributed by atoms with Crippen LogP contribution in [0.25, 0.3) is 0 Å². The third-order valence-electron chi connectivity index (χ3n) is 3.49. The number of hydrogen-bond acceptors (Lipinski definition) is 3. The Hall–Kier alpha value is -1.91. The number of halogens is 1. The minimum Gasteiger partial charge on any atom is -0.496 e. The van der Waals surface area contributed by atoms with Crippen molar-refractivity contribution in [3.63, 3.8) is 0 Å². The van der Waals surface area contributed by atoms with Crippen molar-refractivity contribution in [1.29, 1.82) is 0 Å². The molecule has 0 aliphatic heterocycles. The molecule has 0 saturated heterocycles. The van der Waals surface area contributed by atoms with Gasteiger partial charge in [-0.3, -0.25) is 0 Å². The lowest BCUT2D eigenvalue weighted by molar-refractivity contribution is 0.166. The Morgan fingerprint density at radius 1 is 1.10 bits per heavy atom. The molecule has 0 fully saturated rings. The summed E-state index contributed by atoms with van der Waals surface area (Å²) >= 11 is 0. The molecule has 2 N–H and O–H groups in total. The van der Waals surface area contributed by atoms with Crippen LogP contribution in [0, 0.1) is 5.82 Å². The van der Waals surface area contributed by atoms with Crippen LogP contribution in [-0.4, -0.2) is 18.8 Å². The fourth-order valence-electron chi connectivity index (χ4n) is 2.28. The summed E-state index contributed by atoms with van der Waals surface area (Å²) in [5.74, 6) is 0.398. The number of methoxy groups -OCH3 is 1. The van der Waals surface area contributed by atoms with Gasteiger partial charge in [-0.25, -0.2) is 4.39 Å². The quantitative estimate of drug-likeness (QED) is 0.858. The predicted octanol–water partition coefficient (Wildman–Crippen LogP) is 3.22. The van der Waals surface area contributed by atoms with Crippen LogP contribution in [0.15, 0.2) is 48.5 Å². The number of nitrogens with one attached hydrogen (secondary N) is 1. The minimum atomic E-state index is -0.886. The smallest absolute Gasteiger partial charge is 0.129 e. The highest BCUT2D eigenvalue weighted by atomic mass is 19.1. The third kappa shape index (κ3) is 3.80. The van der Waals surface area contributed by atoms with Gasteiger partial charge >= 0.3 is 0 Å². The van der Waals surface area contributed by atoms with Crippen LogP contribution in [0.2, 0.25) is 0 Å². The second-order valence-electron chi connectivity index (χ2n) is 4.91. The zero-order chi connectivity index (χ0) is 15.2. The number of hydrogen-bond donors (Lipinski definition) is 2. The van der Waals surface area contributed by atoms with E-state index in [1.54, 1.807) is 25.3 Å². The molecular weight excluding hydrogens is 269 g/mol. The maximum atomic E-state index is 13.6. The molecule has 0 aromatic heterocycles. The van der Waals surface area contributed by atoms with Gasteiger partial charge in [-0.05, 0) is 19.1 Å². The van der Waals surface area contributed by atoms with Crippen molar-refractivity contribution < 1.29 is 14.2 Å². The topological polar surface area (TPSA) is 41.5 Å². The summed E-state index contributed by atoms with van der Waals surface area (Å²) in [5, 5.41) is 13.3. The van der Waals surface area contributed by atoms with Crippen LogP contribution in [0.4, 0.5) is 4.39 Å². The second kappa shape index (κ2) is 7.20. The molecule has 4 heteroatoms. The molecule has 21 heavy (non-hydrogen) atoms.